The van der Waals surface area contributed by atoms with Crippen LogP contribution >= 0.6 is 0 Å². The van der Waals surface area contributed by atoms with Crippen molar-refractivity contribution in [2.45, 2.75) is 50.9 Å². The van der Waals surface area contributed by atoms with Crippen LogP contribution in [-0.2, 0) is 11.8 Å². The fraction of sp³-hybridized carbons (Fsp3) is 0.667. The Morgan fingerprint density at radius 3 is 2.71 bits per heavy atom. The van der Waals surface area contributed by atoms with E-state index in [0.717, 1.165) is 37.8 Å². The molecule has 0 unspecified atom stereocenters. The molecule has 1 aliphatic carbocycles. The number of carbonyl (C=O) groups is 2. The Kier molecular flexibility index (Phi) is 5.36. The van der Waals surface area contributed by atoms with E-state index in [4.69, 9.17) is 5.11 Å². The molecule has 1 saturated carbocycles. The number of nitrogens with one attached hydrogen (secondary N) is 1. The molecule has 1 aliphatic rings. The van der Waals surface area contributed by atoms with Gasteiger partial charge in [-0.05, 0) is 25.7 Å². The Labute approximate surface area is 124 Å². The van der Waals surface area contributed by atoms with Crippen LogP contribution < -0.4 is 5.32 Å². The Balaban J connectivity index is 1.67. The van der Waals surface area contributed by atoms with Crippen LogP contribution in [0.4, 0.5) is 0 Å². The van der Waals surface area contributed by atoms with Crippen molar-refractivity contribution in [1.82, 2.24) is 15.1 Å². The quantitative estimate of drug-likeness (QED) is 0.683. The zero-order chi connectivity index (χ0) is 15.2. The van der Waals surface area contributed by atoms with Gasteiger partial charge in [0.05, 0.1) is 17.5 Å². The molecule has 1 aromatic heterocycles. The Morgan fingerprint density at radius 2 is 2.05 bits per heavy atom. The third-order valence-corrected chi connectivity index (χ3v) is 3.80. The number of aryl methyl sites for hydroxylation is 1. The van der Waals surface area contributed by atoms with Gasteiger partial charge in [-0.2, -0.15) is 5.10 Å². The minimum atomic E-state index is -0.743. The Morgan fingerprint density at radius 1 is 1.33 bits per heavy atom. The zero-order valence-corrected chi connectivity index (χ0v) is 12.5. The molecule has 0 saturated heterocycles. The van der Waals surface area contributed by atoms with Gasteiger partial charge in [-0.15, -0.1) is 0 Å². The SMILES string of the molecule is Cn1ncc(C(=O)NCCCCCCC(=O)O)c1C1CC1. The molecule has 1 fully saturated rings. The number of aliphatic carboxylic acids is 1. The largest absolute Gasteiger partial charge is 0.481 e. The summed E-state index contributed by atoms with van der Waals surface area (Å²) in [5.41, 5.74) is 1.75. The van der Waals surface area contributed by atoms with Crippen molar-refractivity contribution in [3.05, 3.63) is 17.5 Å². The Bertz CT molecular complexity index is 506. The lowest BCUT2D eigenvalue weighted by Crippen LogP contribution is -2.25. The molecular formula is C15H23N3O3. The van der Waals surface area contributed by atoms with Gasteiger partial charge in [0.15, 0.2) is 0 Å². The van der Waals surface area contributed by atoms with Gasteiger partial charge < -0.3 is 10.4 Å². The van der Waals surface area contributed by atoms with Crippen molar-refractivity contribution in [3.63, 3.8) is 0 Å². The molecule has 0 atom stereocenters. The summed E-state index contributed by atoms with van der Waals surface area (Å²) in [6, 6.07) is 0. The minimum Gasteiger partial charge on any atom is -0.481 e. The fourth-order valence-electron chi connectivity index (χ4n) is 2.51. The monoisotopic (exact) mass is 293 g/mol. The molecule has 2 rings (SSSR count). The van der Waals surface area contributed by atoms with Crippen molar-refractivity contribution in [3.8, 4) is 0 Å². The highest BCUT2D eigenvalue weighted by molar-refractivity contribution is 5.95. The second-order valence-electron chi connectivity index (χ2n) is 5.66. The van der Waals surface area contributed by atoms with Crippen LogP contribution in [0.2, 0.25) is 0 Å². The summed E-state index contributed by atoms with van der Waals surface area (Å²) < 4.78 is 1.80. The van der Waals surface area contributed by atoms with Crippen LogP contribution in [0.15, 0.2) is 6.20 Å². The summed E-state index contributed by atoms with van der Waals surface area (Å²) in [4.78, 5) is 22.5. The molecule has 6 nitrogen and oxygen atoms in total. The summed E-state index contributed by atoms with van der Waals surface area (Å²) in [6.45, 7) is 0.630. The molecule has 1 aromatic rings. The van der Waals surface area contributed by atoms with Gasteiger partial charge in [-0.3, -0.25) is 14.3 Å². The minimum absolute atomic E-state index is 0.0458. The summed E-state index contributed by atoms with van der Waals surface area (Å²) >= 11 is 0. The normalized spacial score (nSPS) is 14.1. The maximum absolute atomic E-state index is 12.1. The molecule has 6 heteroatoms. The summed E-state index contributed by atoms with van der Waals surface area (Å²) in [5.74, 6) is -0.294. The molecule has 0 aromatic carbocycles. The van der Waals surface area contributed by atoms with Crippen LogP contribution in [-0.4, -0.2) is 33.3 Å². The molecule has 0 radical (unpaired) electrons. The second kappa shape index (κ2) is 7.24. The number of carboxylic acids is 1. The highest BCUT2D eigenvalue weighted by Crippen LogP contribution is 2.41. The van der Waals surface area contributed by atoms with Crippen molar-refractivity contribution < 1.29 is 14.7 Å². The maximum atomic E-state index is 12.1. The summed E-state index contributed by atoms with van der Waals surface area (Å²) in [5, 5.41) is 15.6. The van der Waals surface area contributed by atoms with Crippen LogP contribution in [0, 0.1) is 0 Å². The van der Waals surface area contributed by atoms with E-state index in [0.29, 0.717) is 24.4 Å². The van der Waals surface area contributed by atoms with Gasteiger partial charge in [0.1, 0.15) is 0 Å². The van der Waals surface area contributed by atoms with Gasteiger partial charge in [0, 0.05) is 25.9 Å². The first-order chi connectivity index (χ1) is 10.1. The van der Waals surface area contributed by atoms with Gasteiger partial charge in [0.2, 0.25) is 0 Å². The van der Waals surface area contributed by atoms with Crippen molar-refractivity contribution in [2.24, 2.45) is 7.05 Å². The van der Waals surface area contributed by atoms with E-state index in [1.165, 1.54) is 0 Å². The Hall–Kier alpha value is -1.85. The molecular weight excluding hydrogens is 270 g/mol. The molecule has 0 aliphatic heterocycles. The number of unbranched alkanes of at least 4 members (excludes halogenated alkanes) is 3. The lowest BCUT2D eigenvalue weighted by atomic mass is 10.1. The number of hydrogen-bond donors (Lipinski definition) is 2. The number of nitrogens with zero attached hydrogens (tertiary/aromatic N) is 2. The summed E-state index contributed by atoms with van der Waals surface area (Å²) in [6.07, 6.45) is 7.58. The van der Waals surface area contributed by atoms with Gasteiger partial charge in [0.25, 0.3) is 5.91 Å². The molecule has 116 valence electrons. The average Bonchev–Trinajstić information content (AvgIpc) is 3.20. The first-order valence-electron chi connectivity index (χ1n) is 7.61. The van der Waals surface area contributed by atoms with E-state index in [2.05, 4.69) is 10.4 Å². The highest BCUT2D eigenvalue weighted by Gasteiger charge is 2.31. The second-order valence-corrected chi connectivity index (χ2v) is 5.66. The third kappa shape index (κ3) is 4.58. The smallest absolute Gasteiger partial charge is 0.303 e. The van der Waals surface area contributed by atoms with Gasteiger partial charge in [-0.25, -0.2) is 0 Å². The number of hydrogen-bond acceptors (Lipinski definition) is 3. The van der Waals surface area contributed by atoms with Crippen molar-refractivity contribution in [2.75, 3.05) is 6.54 Å². The van der Waals surface area contributed by atoms with Gasteiger partial charge in [-0.1, -0.05) is 12.8 Å². The van der Waals surface area contributed by atoms with Crippen LogP contribution in [0.3, 0.4) is 0 Å². The van der Waals surface area contributed by atoms with E-state index < -0.39 is 5.97 Å². The first-order valence-corrected chi connectivity index (χ1v) is 7.61. The highest BCUT2D eigenvalue weighted by atomic mass is 16.4. The van der Waals surface area contributed by atoms with E-state index in [1.54, 1.807) is 10.9 Å². The standard InChI is InChI=1S/C15H23N3O3/c1-18-14(11-7-8-11)12(10-17-18)15(21)16-9-5-3-2-4-6-13(19)20/h10-11H,2-9H2,1H3,(H,16,21)(H,19,20). The van der Waals surface area contributed by atoms with Crippen LogP contribution in [0.1, 0.15) is 66.9 Å². The molecule has 0 spiro atoms. The van der Waals surface area contributed by atoms with Gasteiger partial charge >= 0.3 is 5.97 Å². The summed E-state index contributed by atoms with van der Waals surface area (Å²) in [7, 11) is 1.88. The lowest BCUT2D eigenvalue weighted by Gasteiger charge is -2.06. The molecule has 1 heterocycles. The fourth-order valence-corrected chi connectivity index (χ4v) is 2.51. The average molecular weight is 293 g/mol. The number of carboxylic acid groups (broad SMARTS) is 1. The van der Waals surface area contributed by atoms with E-state index in [1.807, 2.05) is 7.05 Å². The lowest BCUT2D eigenvalue weighted by molar-refractivity contribution is -0.137. The molecule has 1 amide bonds. The maximum Gasteiger partial charge on any atom is 0.303 e. The van der Waals surface area contributed by atoms with Crippen LogP contribution in [0.25, 0.3) is 0 Å². The molecule has 2 N–H and O–H groups in total. The number of aromatic nitrogens is 2. The first kappa shape index (κ1) is 15.5. The number of rotatable bonds is 9. The van der Waals surface area contributed by atoms with E-state index in [-0.39, 0.29) is 12.3 Å². The predicted molar refractivity (Wildman–Crippen MR) is 78.2 cm³/mol. The topological polar surface area (TPSA) is 84.2 Å². The molecule has 0 bridgehead atoms. The zero-order valence-electron chi connectivity index (χ0n) is 12.5. The van der Waals surface area contributed by atoms with Crippen molar-refractivity contribution in [1.29, 1.82) is 0 Å². The molecule has 21 heavy (non-hydrogen) atoms. The number of carbonyl (C=O) groups excluding carboxylic acids is 1. The van der Waals surface area contributed by atoms with Crippen LogP contribution in [0.5, 0.6) is 0 Å². The van der Waals surface area contributed by atoms with E-state index in [9.17, 15) is 9.59 Å². The van der Waals surface area contributed by atoms with E-state index >= 15 is 0 Å². The third-order valence-electron chi connectivity index (χ3n) is 3.80. The predicted octanol–water partition coefficient (Wildman–Crippen LogP) is 2.06. The van der Waals surface area contributed by atoms with Crippen molar-refractivity contribution >= 4 is 11.9 Å². The number of amides is 1.